The number of carbonyl (C=O) groups is 2. The normalized spacial score (nSPS) is 11.9. The summed E-state index contributed by atoms with van der Waals surface area (Å²) in [5.74, 6) is -1.36. The Balaban J connectivity index is 2.50. The number of amides is 1. The fourth-order valence-electron chi connectivity index (χ4n) is 1.65. The average Bonchev–Trinajstić information content (AvgIpc) is 2.36. The number of ether oxygens (including phenoxy) is 1. The number of carboxylic acids is 1. The maximum absolute atomic E-state index is 11.6. The minimum absolute atomic E-state index is 0.0720. The molecule has 0 radical (unpaired) electrons. The first-order chi connectivity index (χ1) is 9.40. The molecule has 3 N–H and O–H groups in total. The van der Waals surface area contributed by atoms with Crippen molar-refractivity contribution in [1.29, 1.82) is 0 Å². The molecule has 110 valence electrons. The van der Waals surface area contributed by atoms with E-state index in [1.807, 2.05) is 13.8 Å². The van der Waals surface area contributed by atoms with Crippen molar-refractivity contribution in [2.45, 2.75) is 26.3 Å². The number of benzene rings is 1. The fraction of sp³-hybridized carbons (Fsp3) is 0.429. The SMILES string of the molecule is CC(C)CC(NC(=O)COc1ccccc1O)C(=O)O. The number of phenols is 1. The first kappa shape index (κ1) is 15.8. The van der Waals surface area contributed by atoms with Gasteiger partial charge >= 0.3 is 5.97 Å². The lowest BCUT2D eigenvalue weighted by Crippen LogP contribution is -2.43. The Morgan fingerprint density at radius 2 is 1.95 bits per heavy atom. The molecular formula is C14H19NO5. The third kappa shape index (κ3) is 5.17. The fourth-order valence-corrected chi connectivity index (χ4v) is 1.65. The molecule has 1 atom stereocenters. The van der Waals surface area contributed by atoms with Crippen LogP contribution in [-0.4, -0.2) is 34.7 Å². The van der Waals surface area contributed by atoms with Gasteiger partial charge in [-0.3, -0.25) is 4.79 Å². The summed E-state index contributed by atoms with van der Waals surface area (Å²) in [6, 6.07) is 5.31. The van der Waals surface area contributed by atoms with Gasteiger partial charge in [0.1, 0.15) is 6.04 Å². The molecule has 6 heteroatoms. The zero-order valence-electron chi connectivity index (χ0n) is 11.5. The lowest BCUT2D eigenvalue weighted by molar-refractivity contribution is -0.142. The topological polar surface area (TPSA) is 95.9 Å². The van der Waals surface area contributed by atoms with Gasteiger partial charge in [0, 0.05) is 0 Å². The van der Waals surface area contributed by atoms with Crippen molar-refractivity contribution in [2.24, 2.45) is 5.92 Å². The van der Waals surface area contributed by atoms with E-state index in [1.165, 1.54) is 12.1 Å². The van der Waals surface area contributed by atoms with Gasteiger partial charge in [-0.25, -0.2) is 4.79 Å². The maximum atomic E-state index is 11.6. The molecule has 1 aromatic carbocycles. The standard InChI is InChI=1S/C14H19NO5/c1-9(2)7-10(14(18)19)15-13(17)8-20-12-6-4-3-5-11(12)16/h3-6,9-10,16H,7-8H2,1-2H3,(H,15,17)(H,18,19). The summed E-state index contributed by atoms with van der Waals surface area (Å²) < 4.78 is 5.13. The predicted molar refractivity (Wildman–Crippen MR) is 72.6 cm³/mol. The van der Waals surface area contributed by atoms with Crippen LogP contribution in [0.1, 0.15) is 20.3 Å². The van der Waals surface area contributed by atoms with Crippen molar-refractivity contribution in [3.05, 3.63) is 24.3 Å². The van der Waals surface area contributed by atoms with Crippen LogP contribution in [0.5, 0.6) is 11.5 Å². The van der Waals surface area contributed by atoms with Crippen molar-refractivity contribution in [3.8, 4) is 11.5 Å². The van der Waals surface area contributed by atoms with Crippen molar-refractivity contribution < 1.29 is 24.5 Å². The number of carbonyl (C=O) groups excluding carboxylic acids is 1. The van der Waals surface area contributed by atoms with Crippen molar-refractivity contribution in [3.63, 3.8) is 0 Å². The molecule has 0 saturated carbocycles. The van der Waals surface area contributed by atoms with Crippen molar-refractivity contribution in [1.82, 2.24) is 5.32 Å². The van der Waals surface area contributed by atoms with Gasteiger partial charge < -0.3 is 20.3 Å². The maximum Gasteiger partial charge on any atom is 0.326 e. The molecule has 0 aliphatic carbocycles. The van der Waals surface area contributed by atoms with E-state index in [2.05, 4.69) is 5.32 Å². The van der Waals surface area contributed by atoms with E-state index in [0.717, 1.165) is 0 Å². The molecule has 6 nitrogen and oxygen atoms in total. The molecule has 0 fully saturated rings. The largest absolute Gasteiger partial charge is 0.504 e. The van der Waals surface area contributed by atoms with E-state index >= 15 is 0 Å². The van der Waals surface area contributed by atoms with E-state index < -0.39 is 17.9 Å². The number of rotatable bonds is 7. The van der Waals surface area contributed by atoms with Gasteiger partial charge in [-0.2, -0.15) is 0 Å². The van der Waals surface area contributed by atoms with E-state index in [1.54, 1.807) is 12.1 Å². The second-order valence-corrected chi connectivity index (χ2v) is 4.84. The molecule has 1 amide bonds. The van der Waals surface area contributed by atoms with Gasteiger partial charge in [0.05, 0.1) is 0 Å². The highest BCUT2D eigenvalue weighted by Crippen LogP contribution is 2.23. The van der Waals surface area contributed by atoms with Gasteiger partial charge in [0.2, 0.25) is 0 Å². The molecule has 1 aromatic rings. The zero-order chi connectivity index (χ0) is 15.1. The summed E-state index contributed by atoms with van der Waals surface area (Å²) in [7, 11) is 0. The lowest BCUT2D eigenvalue weighted by atomic mass is 10.0. The molecule has 0 aliphatic heterocycles. The number of carboxylic acid groups (broad SMARTS) is 1. The highest BCUT2D eigenvalue weighted by molar-refractivity contribution is 5.84. The molecule has 1 unspecified atom stereocenters. The predicted octanol–water partition coefficient (Wildman–Crippen LogP) is 1.39. The molecule has 0 spiro atoms. The number of para-hydroxylation sites is 2. The minimum Gasteiger partial charge on any atom is -0.504 e. The molecular weight excluding hydrogens is 262 g/mol. The van der Waals surface area contributed by atoms with E-state index in [-0.39, 0.29) is 24.0 Å². The highest BCUT2D eigenvalue weighted by Gasteiger charge is 2.21. The second-order valence-electron chi connectivity index (χ2n) is 4.84. The van der Waals surface area contributed by atoms with Crippen LogP contribution in [0.25, 0.3) is 0 Å². The summed E-state index contributed by atoms with van der Waals surface area (Å²) in [6.07, 6.45) is 0.345. The number of aromatic hydroxyl groups is 1. The molecule has 0 aromatic heterocycles. The Labute approximate surface area is 117 Å². The molecule has 1 rings (SSSR count). The van der Waals surface area contributed by atoms with Crippen LogP contribution in [0.3, 0.4) is 0 Å². The monoisotopic (exact) mass is 281 g/mol. The third-order valence-electron chi connectivity index (χ3n) is 2.56. The van der Waals surface area contributed by atoms with E-state index in [4.69, 9.17) is 9.84 Å². The smallest absolute Gasteiger partial charge is 0.326 e. The molecule has 0 heterocycles. The van der Waals surface area contributed by atoms with E-state index in [9.17, 15) is 14.7 Å². The van der Waals surface area contributed by atoms with Crippen LogP contribution in [0.15, 0.2) is 24.3 Å². The Morgan fingerprint density at radius 1 is 1.30 bits per heavy atom. The Hall–Kier alpha value is -2.24. The van der Waals surface area contributed by atoms with Crippen LogP contribution in [0, 0.1) is 5.92 Å². The first-order valence-corrected chi connectivity index (χ1v) is 6.33. The summed E-state index contributed by atoms with van der Waals surface area (Å²) in [5.41, 5.74) is 0. The Bertz CT molecular complexity index is 472. The number of hydrogen-bond donors (Lipinski definition) is 3. The molecule has 0 bridgehead atoms. The summed E-state index contributed by atoms with van der Waals surface area (Å²) in [5, 5.41) is 20.9. The average molecular weight is 281 g/mol. The van der Waals surface area contributed by atoms with Crippen LogP contribution < -0.4 is 10.1 Å². The van der Waals surface area contributed by atoms with Crippen LogP contribution >= 0.6 is 0 Å². The van der Waals surface area contributed by atoms with Crippen LogP contribution in [-0.2, 0) is 9.59 Å². The van der Waals surface area contributed by atoms with Crippen LogP contribution in [0.4, 0.5) is 0 Å². The Kier molecular flexibility index (Phi) is 5.83. The number of hydrogen-bond acceptors (Lipinski definition) is 4. The number of aliphatic carboxylic acids is 1. The molecule has 0 aliphatic rings. The van der Waals surface area contributed by atoms with Gasteiger partial charge in [-0.05, 0) is 24.5 Å². The third-order valence-corrected chi connectivity index (χ3v) is 2.56. The van der Waals surface area contributed by atoms with Crippen LogP contribution in [0.2, 0.25) is 0 Å². The lowest BCUT2D eigenvalue weighted by Gasteiger charge is -2.16. The summed E-state index contributed by atoms with van der Waals surface area (Å²) in [6.45, 7) is 3.40. The number of nitrogens with one attached hydrogen (secondary N) is 1. The minimum atomic E-state index is -1.07. The Morgan fingerprint density at radius 3 is 2.50 bits per heavy atom. The molecule has 20 heavy (non-hydrogen) atoms. The summed E-state index contributed by atoms with van der Waals surface area (Å²) >= 11 is 0. The second kappa shape index (κ2) is 7.37. The first-order valence-electron chi connectivity index (χ1n) is 6.33. The summed E-state index contributed by atoms with van der Waals surface area (Å²) in [4.78, 5) is 22.6. The zero-order valence-corrected chi connectivity index (χ0v) is 11.5. The van der Waals surface area contributed by atoms with Gasteiger partial charge in [-0.1, -0.05) is 26.0 Å². The highest BCUT2D eigenvalue weighted by atomic mass is 16.5. The quantitative estimate of drug-likeness (QED) is 0.702. The van der Waals surface area contributed by atoms with Crippen molar-refractivity contribution >= 4 is 11.9 Å². The van der Waals surface area contributed by atoms with E-state index in [0.29, 0.717) is 6.42 Å². The van der Waals surface area contributed by atoms with Gasteiger partial charge in [0.25, 0.3) is 5.91 Å². The number of phenolic OH excluding ortho intramolecular Hbond substituents is 1. The van der Waals surface area contributed by atoms with Gasteiger partial charge in [-0.15, -0.1) is 0 Å². The molecule has 0 saturated heterocycles. The van der Waals surface area contributed by atoms with Crippen molar-refractivity contribution in [2.75, 3.05) is 6.61 Å². The van der Waals surface area contributed by atoms with Gasteiger partial charge in [0.15, 0.2) is 18.1 Å².